The van der Waals surface area contributed by atoms with E-state index in [-0.39, 0.29) is 0 Å². The van der Waals surface area contributed by atoms with E-state index >= 15 is 0 Å². The molecule has 3 heterocycles. The molecule has 3 aromatic heterocycles. The molecule has 0 aliphatic rings. The van der Waals surface area contributed by atoms with Gasteiger partial charge >= 0.3 is 0 Å². The Hall–Kier alpha value is -3.74. The molecule has 0 atom stereocenters. The summed E-state index contributed by atoms with van der Waals surface area (Å²) in [4.78, 5) is 17.3. The molecule has 138 valence electrons. The van der Waals surface area contributed by atoms with Crippen molar-refractivity contribution < 1.29 is 4.52 Å². The van der Waals surface area contributed by atoms with E-state index in [1.807, 2.05) is 66.1 Å². The summed E-state index contributed by atoms with van der Waals surface area (Å²) in [6, 6.07) is 18.1. The van der Waals surface area contributed by atoms with Crippen LogP contribution in [-0.2, 0) is 13.0 Å². The SMILES string of the molecule is CCc1nc(Cn2cnc(-c3ccccc3)c2-c2nc3ccccc3[nH]2)no1. The van der Waals surface area contributed by atoms with E-state index < -0.39 is 0 Å². The number of hydrogen-bond donors (Lipinski definition) is 1. The van der Waals surface area contributed by atoms with Gasteiger partial charge in [-0.3, -0.25) is 0 Å². The van der Waals surface area contributed by atoms with E-state index in [0.29, 0.717) is 24.7 Å². The summed E-state index contributed by atoms with van der Waals surface area (Å²) in [5.41, 5.74) is 4.68. The largest absolute Gasteiger partial charge is 0.339 e. The number of aromatic amines is 1. The van der Waals surface area contributed by atoms with Crippen molar-refractivity contribution in [2.45, 2.75) is 19.9 Å². The van der Waals surface area contributed by atoms with E-state index in [9.17, 15) is 0 Å². The zero-order valence-electron chi connectivity index (χ0n) is 15.3. The highest BCUT2D eigenvalue weighted by atomic mass is 16.5. The van der Waals surface area contributed by atoms with Crippen molar-refractivity contribution in [3.05, 3.63) is 72.6 Å². The summed E-state index contributed by atoms with van der Waals surface area (Å²) in [6.07, 6.45) is 2.51. The Bertz CT molecular complexity index is 1200. The number of benzene rings is 2. The van der Waals surface area contributed by atoms with Crippen LogP contribution in [0.3, 0.4) is 0 Å². The van der Waals surface area contributed by atoms with Gasteiger partial charge < -0.3 is 14.1 Å². The second kappa shape index (κ2) is 6.77. The van der Waals surface area contributed by atoms with Crippen LogP contribution in [0, 0.1) is 0 Å². The first-order chi connectivity index (χ1) is 13.8. The average molecular weight is 370 g/mol. The van der Waals surface area contributed by atoms with Gasteiger partial charge in [0, 0.05) is 12.0 Å². The lowest BCUT2D eigenvalue weighted by Crippen LogP contribution is -2.03. The third kappa shape index (κ3) is 2.87. The molecule has 0 radical (unpaired) electrons. The van der Waals surface area contributed by atoms with Crippen molar-refractivity contribution in [1.29, 1.82) is 0 Å². The van der Waals surface area contributed by atoms with Crippen molar-refractivity contribution in [3.8, 4) is 22.8 Å². The van der Waals surface area contributed by atoms with Gasteiger partial charge in [0.2, 0.25) is 5.89 Å². The van der Waals surface area contributed by atoms with E-state index in [4.69, 9.17) is 9.51 Å². The second-order valence-electron chi connectivity index (χ2n) is 6.50. The van der Waals surface area contributed by atoms with Gasteiger partial charge in [0.1, 0.15) is 5.69 Å². The van der Waals surface area contributed by atoms with E-state index in [2.05, 4.69) is 20.1 Å². The molecule has 0 fully saturated rings. The predicted molar refractivity (Wildman–Crippen MR) is 106 cm³/mol. The molecule has 5 rings (SSSR count). The van der Waals surface area contributed by atoms with Crippen LogP contribution in [-0.4, -0.2) is 29.7 Å². The van der Waals surface area contributed by atoms with Crippen LogP contribution >= 0.6 is 0 Å². The van der Waals surface area contributed by atoms with E-state index in [1.165, 1.54) is 0 Å². The van der Waals surface area contributed by atoms with E-state index in [0.717, 1.165) is 33.8 Å². The molecule has 0 spiro atoms. The number of aryl methyl sites for hydroxylation is 1. The molecular weight excluding hydrogens is 352 g/mol. The zero-order chi connectivity index (χ0) is 18.9. The Morgan fingerprint density at radius 1 is 1.00 bits per heavy atom. The number of nitrogens with zero attached hydrogens (tertiary/aromatic N) is 5. The van der Waals surface area contributed by atoms with Gasteiger partial charge in [-0.15, -0.1) is 0 Å². The van der Waals surface area contributed by atoms with Gasteiger partial charge in [-0.05, 0) is 12.1 Å². The lowest BCUT2D eigenvalue weighted by Gasteiger charge is -2.06. The molecule has 0 aliphatic heterocycles. The van der Waals surface area contributed by atoms with Gasteiger partial charge in [0.25, 0.3) is 0 Å². The average Bonchev–Trinajstić information content (AvgIpc) is 3.46. The van der Waals surface area contributed by atoms with Crippen molar-refractivity contribution in [1.82, 2.24) is 29.7 Å². The highest BCUT2D eigenvalue weighted by Crippen LogP contribution is 2.31. The number of aromatic nitrogens is 6. The standard InChI is InChI=1S/C21H18N6O/c1-2-18-25-17(26-28-18)12-27-13-22-19(14-8-4-3-5-9-14)20(27)21-23-15-10-6-7-11-16(15)24-21/h3-11,13H,2,12H2,1H3,(H,23,24). The van der Waals surface area contributed by atoms with Crippen molar-refractivity contribution in [3.63, 3.8) is 0 Å². The lowest BCUT2D eigenvalue weighted by molar-refractivity contribution is 0.375. The Morgan fingerprint density at radius 3 is 2.61 bits per heavy atom. The fourth-order valence-corrected chi connectivity index (χ4v) is 3.27. The lowest BCUT2D eigenvalue weighted by atomic mass is 10.1. The van der Waals surface area contributed by atoms with Crippen LogP contribution in [0.5, 0.6) is 0 Å². The Morgan fingerprint density at radius 2 is 1.82 bits per heavy atom. The summed E-state index contributed by atoms with van der Waals surface area (Å²) in [5, 5.41) is 4.08. The molecule has 0 saturated heterocycles. The fraction of sp³-hybridized carbons (Fsp3) is 0.143. The first-order valence-electron chi connectivity index (χ1n) is 9.19. The molecule has 2 aromatic carbocycles. The number of hydrogen-bond acceptors (Lipinski definition) is 5. The van der Waals surface area contributed by atoms with Gasteiger partial charge in [0.15, 0.2) is 11.6 Å². The highest BCUT2D eigenvalue weighted by molar-refractivity contribution is 5.83. The number of imidazole rings is 2. The Balaban J connectivity index is 1.65. The minimum absolute atomic E-state index is 0.454. The third-order valence-electron chi connectivity index (χ3n) is 4.62. The third-order valence-corrected chi connectivity index (χ3v) is 4.62. The van der Waals surface area contributed by atoms with Crippen LogP contribution in [0.1, 0.15) is 18.6 Å². The Kier molecular flexibility index (Phi) is 3.97. The smallest absolute Gasteiger partial charge is 0.226 e. The minimum Gasteiger partial charge on any atom is -0.339 e. The summed E-state index contributed by atoms with van der Waals surface area (Å²) in [6.45, 7) is 2.44. The normalized spacial score (nSPS) is 11.3. The van der Waals surface area contributed by atoms with Gasteiger partial charge in [-0.2, -0.15) is 4.98 Å². The van der Waals surface area contributed by atoms with Crippen LogP contribution in [0.25, 0.3) is 33.8 Å². The number of fused-ring (bicyclic) bond motifs is 1. The molecule has 0 amide bonds. The number of H-pyrrole nitrogens is 1. The van der Waals surface area contributed by atoms with Gasteiger partial charge in [-0.25, -0.2) is 9.97 Å². The number of para-hydroxylation sites is 2. The summed E-state index contributed by atoms with van der Waals surface area (Å²) in [7, 11) is 0. The fourth-order valence-electron chi connectivity index (χ4n) is 3.27. The highest BCUT2D eigenvalue weighted by Gasteiger charge is 2.19. The topological polar surface area (TPSA) is 85.4 Å². The molecule has 7 heteroatoms. The Labute approximate surface area is 161 Å². The molecular formula is C21H18N6O. The van der Waals surface area contributed by atoms with Crippen LogP contribution in [0.2, 0.25) is 0 Å². The summed E-state index contributed by atoms with van der Waals surface area (Å²) < 4.78 is 7.26. The zero-order valence-corrected chi connectivity index (χ0v) is 15.3. The first kappa shape index (κ1) is 16.4. The quantitative estimate of drug-likeness (QED) is 0.504. The molecule has 0 saturated carbocycles. The predicted octanol–water partition coefficient (Wildman–Crippen LogP) is 4.09. The molecule has 7 nitrogen and oxygen atoms in total. The van der Waals surface area contributed by atoms with Crippen molar-refractivity contribution in [2.75, 3.05) is 0 Å². The van der Waals surface area contributed by atoms with Crippen molar-refractivity contribution in [2.24, 2.45) is 0 Å². The maximum atomic E-state index is 5.25. The van der Waals surface area contributed by atoms with Crippen molar-refractivity contribution >= 4 is 11.0 Å². The van der Waals surface area contributed by atoms with Gasteiger partial charge in [-0.1, -0.05) is 54.5 Å². The van der Waals surface area contributed by atoms with Crippen LogP contribution < -0.4 is 0 Å². The molecule has 28 heavy (non-hydrogen) atoms. The number of rotatable bonds is 5. The monoisotopic (exact) mass is 370 g/mol. The van der Waals surface area contributed by atoms with Crippen LogP contribution in [0.15, 0.2) is 65.4 Å². The molecule has 0 unspecified atom stereocenters. The van der Waals surface area contributed by atoms with E-state index in [1.54, 1.807) is 6.33 Å². The number of nitrogens with one attached hydrogen (secondary N) is 1. The maximum Gasteiger partial charge on any atom is 0.226 e. The summed E-state index contributed by atoms with van der Waals surface area (Å²) >= 11 is 0. The van der Waals surface area contributed by atoms with Crippen LogP contribution in [0.4, 0.5) is 0 Å². The minimum atomic E-state index is 0.454. The molecule has 1 N–H and O–H groups in total. The molecule has 0 aliphatic carbocycles. The van der Waals surface area contributed by atoms with Gasteiger partial charge in [0.05, 0.1) is 29.6 Å². The maximum absolute atomic E-state index is 5.25. The second-order valence-corrected chi connectivity index (χ2v) is 6.50. The summed E-state index contributed by atoms with van der Waals surface area (Å²) in [5.74, 6) is 2.01. The molecule has 0 bridgehead atoms. The molecule has 5 aromatic rings. The first-order valence-corrected chi connectivity index (χ1v) is 9.19.